The first kappa shape index (κ1) is 21.5. The lowest BCUT2D eigenvalue weighted by molar-refractivity contribution is -0.137. The molecule has 160 valence electrons. The van der Waals surface area contributed by atoms with Crippen LogP contribution in [-0.2, 0) is 11.0 Å². The van der Waals surface area contributed by atoms with Crippen LogP contribution in [0.4, 0.5) is 19.0 Å². The highest BCUT2D eigenvalue weighted by Gasteiger charge is 2.38. The number of carbonyl (C=O) groups is 2. The number of rotatable bonds is 7. The van der Waals surface area contributed by atoms with Crippen molar-refractivity contribution >= 4 is 17.6 Å². The predicted octanol–water partition coefficient (Wildman–Crippen LogP) is 2.26. The second kappa shape index (κ2) is 9.55. The highest BCUT2D eigenvalue weighted by Crippen LogP contribution is 2.36. The fraction of sp³-hybridized carbons (Fsp3) is 0.400. The van der Waals surface area contributed by atoms with Gasteiger partial charge in [-0.25, -0.2) is 4.98 Å². The molecule has 3 rings (SSSR count). The Hall–Kier alpha value is -3.17. The van der Waals surface area contributed by atoms with E-state index in [4.69, 9.17) is 0 Å². The molecule has 2 aromatic rings. The SMILES string of the molecule is O=C(NCCCNC(=O)[C@@H]1CCN(c2ncccc2C(F)(F)F)C1)c1ccccn1. The smallest absolute Gasteiger partial charge is 0.356 e. The van der Waals surface area contributed by atoms with Gasteiger partial charge in [0.2, 0.25) is 5.91 Å². The van der Waals surface area contributed by atoms with E-state index in [1.54, 1.807) is 18.2 Å². The molecular weight excluding hydrogens is 399 g/mol. The van der Waals surface area contributed by atoms with Crippen molar-refractivity contribution in [2.45, 2.75) is 19.0 Å². The van der Waals surface area contributed by atoms with Gasteiger partial charge in [0.25, 0.3) is 5.91 Å². The summed E-state index contributed by atoms with van der Waals surface area (Å²) in [6.45, 7) is 1.24. The summed E-state index contributed by atoms with van der Waals surface area (Å²) in [5.74, 6) is -1.05. The topological polar surface area (TPSA) is 87.2 Å². The number of halogens is 3. The zero-order valence-corrected chi connectivity index (χ0v) is 16.2. The molecule has 7 nitrogen and oxygen atoms in total. The first-order valence-corrected chi connectivity index (χ1v) is 9.60. The molecule has 0 unspecified atom stereocenters. The van der Waals surface area contributed by atoms with Crippen molar-refractivity contribution in [2.24, 2.45) is 5.92 Å². The lowest BCUT2D eigenvalue weighted by atomic mass is 10.1. The van der Waals surface area contributed by atoms with Gasteiger partial charge in [0.1, 0.15) is 11.5 Å². The molecule has 3 heterocycles. The summed E-state index contributed by atoms with van der Waals surface area (Å²) in [7, 11) is 0. The molecule has 1 aliphatic rings. The average Bonchev–Trinajstić information content (AvgIpc) is 3.23. The van der Waals surface area contributed by atoms with E-state index >= 15 is 0 Å². The van der Waals surface area contributed by atoms with Crippen LogP contribution >= 0.6 is 0 Å². The van der Waals surface area contributed by atoms with Gasteiger partial charge in [-0.3, -0.25) is 14.6 Å². The number of anilines is 1. The van der Waals surface area contributed by atoms with Crippen LogP contribution in [-0.4, -0.2) is 48.0 Å². The van der Waals surface area contributed by atoms with Crippen molar-refractivity contribution in [3.8, 4) is 0 Å². The minimum absolute atomic E-state index is 0.141. The first-order valence-electron chi connectivity index (χ1n) is 9.60. The van der Waals surface area contributed by atoms with Crippen molar-refractivity contribution in [1.29, 1.82) is 0 Å². The van der Waals surface area contributed by atoms with Crippen molar-refractivity contribution in [3.63, 3.8) is 0 Å². The molecule has 0 spiro atoms. The van der Waals surface area contributed by atoms with Crippen molar-refractivity contribution in [3.05, 3.63) is 54.0 Å². The molecule has 10 heteroatoms. The molecule has 2 N–H and O–H groups in total. The Labute approximate surface area is 171 Å². The summed E-state index contributed by atoms with van der Waals surface area (Å²) in [5.41, 5.74) is -0.477. The molecule has 0 aliphatic carbocycles. The highest BCUT2D eigenvalue weighted by atomic mass is 19.4. The van der Waals surface area contributed by atoms with E-state index in [2.05, 4.69) is 20.6 Å². The number of hydrogen-bond donors (Lipinski definition) is 2. The van der Waals surface area contributed by atoms with Crippen LogP contribution in [0.1, 0.15) is 28.9 Å². The van der Waals surface area contributed by atoms with Crippen LogP contribution in [0.2, 0.25) is 0 Å². The van der Waals surface area contributed by atoms with Gasteiger partial charge >= 0.3 is 6.18 Å². The van der Waals surface area contributed by atoms with Gasteiger partial charge in [-0.05, 0) is 37.1 Å². The Balaban J connectivity index is 1.42. The van der Waals surface area contributed by atoms with Gasteiger partial charge in [0, 0.05) is 38.6 Å². The molecule has 1 aliphatic heterocycles. The summed E-state index contributed by atoms with van der Waals surface area (Å²) in [5, 5.41) is 5.50. The van der Waals surface area contributed by atoms with Crippen molar-refractivity contribution in [1.82, 2.24) is 20.6 Å². The normalized spacial score (nSPS) is 16.4. The number of aromatic nitrogens is 2. The minimum Gasteiger partial charge on any atom is -0.356 e. The number of pyridine rings is 2. The monoisotopic (exact) mass is 421 g/mol. The van der Waals surface area contributed by atoms with Gasteiger partial charge in [0.05, 0.1) is 11.5 Å². The Kier molecular flexibility index (Phi) is 6.86. The van der Waals surface area contributed by atoms with Gasteiger partial charge in [-0.2, -0.15) is 13.2 Å². The molecule has 0 radical (unpaired) electrons. The van der Waals surface area contributed by atoms with Crippen molar-refractivity contribution in [2.75, 3.05) is 31.1 Å². The van der Waals surface area contributed by atoms with Gasteiger partial charge in [-0.1, -0.05) is 6.07 Å². The lowest BCUT2D eigenvalue weighted by Gasteiger charge is -2.21. The Bertz CT molecular complexity index is 876. The molecule has 1 fully saturated rings. The highest BCUT2D eigenvalue weighted by molar-refractivity contribution is 5.92. The van der Waals surface area contributed by atoms with Crippen LogP contribution in [0.5, 0.6) is 0 Å². The number of nitrogens with zero attached hydrogens (tertiary/aromatic N) is 3. The van der Waals surface area contributed by atoms with E-state index < -0.39 is 17.7 Å². The number of carbonyl (C=O) groups excluding carboxylic acids is 2. The molecule has 2 aromatic heterocycles. The summed E-state index contributed by atoms with van der Waals surface area (Å²) in [6.07, 6.45) is -0.668. The van der Waals surface area contributed by atoms with Crippen LogP contribution < -0.4 is 15.5 Å². The largest absolute Gasteiger partial charge is 0.419 e. The molecule has 0 saturated carbocycles. The maximum absolute atomic E-state index is 13.2. The van der Waals surface area contributed by atoms with E-state index in [-0.39, 0.29) is 24.2 Å². The quantitative estimate of drug-likeness (QED) is 0.670. The number of alkyl halides is 3. The van der Waals surface area contributed by atoms with Crippen LogP contribution in [0.25, 0.3) is 0 Å². The maximum atomic E-state index is 13.2. The van der Waals surface area contributed by atoms with Gasteiger partial charge < -0.3 is 15.5 Å². The third-order valence-electron chi connectivity index (χ3n) is 4.79. The molecule has 1 atom stereocenters. The van der Waals surface area contributed by atoms with Gasteiger partial charge in [-0.15, -0.1) is 0 Å². The standard InChI is InChI=1S/C20H22F3N5O2/c21-20(22,23)15-5-3-9-25-17(15)28-12-7-14(13-28)18(29)26-10-4-11-27-19(30)16-6-1-2-8-24-16/h1-3,5-6,8-9,14H,4,7,10-13H2,(H,26,29)(H,27,30)/t14-/m1/s1. The fourth-order valence-corrected chi connectivity index (χ4v) is 3.27. The third-order valence-corrected chi connectivity index (χ3v) is 4.79. The number of nitrogens with one attached hydrogen (secondary N) is 2. The van der Waals surface area contributed by atoms with Gasteiger partial charge in [0.15, 0.2) is 0 Å². The molecule has 2 amide bonds. The second-order valence-electron chi connectivity index (χ2n) is 6.92. The van der Waals surface area contributed by atoms with Crippen molar-refractivity contribution < 1.29 is 22.8 Å². The number of amides is 2. The molecule has 30 heavy (non-hydrogen) atoms. The minimum atomic E-state index is -4.50. The van der Waals surface area contributed by atoms with Crippen LogP contribution in [0.15, 0.2) is 42.7 Å². The zero-order valence-electron chi connectivity index (χ0n) is 16.2. The average molecular weight is 421 g/mol. The maximum Gasteiger partial charge on any atom is 0.419 e. The van der Waals surface area contributed by atoms with Crippen LogP contribution in [0, 0.1) is 5.92 Å². The van der Waals surface area contributed by atoms with E-state index in [0.29, 0.717) is 38.2 Å². The first-order chi connectivity index (χ1) is 14.4. The van der Waals surface area contributed by atoms with E-state index in [1.165, 1.54) is 23.4 Å². The molecule has 1 saturated heterocycles. The molecular formula is C20H22F3N5O2. The predicted molar refractivity (Wildman–Crippen MR) is 104 cm³/mol. The summed E-state index contributed by atoms with van der Waals surface area (Å²) in [4.78, 5) is 33.5. The molecule has 0 aromatic carbocycles. The second-order valence-corrected chi connectivity index (χ2v) is 6.92. The Morgan fingerprint density at radius 2 is 1.83 bits per heavy atom. The Morgan fingerprint density at radius 1 is 1.07 bits per heavy atom. The summed E-state index contributed by atoms with van der Waals surface area (Å²) >= 11 is 0. The lowest BCUT2D eigenvalue weighted by Crippen LogP contribution is -2.35. The Morgan fingerprint density at radius 3 is 2.57 bits per heavy atom. The summed E-state index contributed by atoms with van der Waals surface area (Å²) in [6, 6.07) is 7.28. The fourth-order valence-electron chi connectivity index (χ4n) is 3.27. The third kappa shape index (κ3) is 5.46. The molecule has 0 bridgehead atoms. The van der Waals surface area contributed by atoms with E-state index in [1.807, 2.05) is 0 Å². The summed E-state index contributed by atoms with van der Waals surface area (Å²) < 4.78 is 39.5. The van der Waals surface area contributed by atoms with E-state index in [0.717, 1.165) is 6.07 Å². The van der Waals surface area contributed by atoms with Crippen LogP contribution in [0.3, 0.4) is 0 Å². The number of hydrogen-bond acceptors (Lipinski definition) is 5. The zero-order chi connectivity index (χ0) is 21.6. The van der Waals surface area contributed by atoms with E-state index in [9.17, 15) is 22.8 Å².